The van der Waals surface area contributed by atoms with Gasteiger partial charge in [0.25, 0.3) is 0 Å². The molecule has 0 bridgehead atoms. The van der Waals surface area contributed by atoms with Crippen molar-refractivity contribution >= 4 is 71.8 Å². The molecule has 6 heterocycles. The fraction of sp³-hybridized carbons (Fsp3) is 0. The van der Waals surface area contributed by atoms with Crippen molar-refractivity contribution in [3.63, 3.8) is 0 Å². The number of benzene rings is 15. The molecule has 504 valence electrons. The summed E-state index contributed by atoms with van der Waals surface area (Å²) in [5.74, 6) is 1.30. The molecule has 8 nitrogen and oxygen atoms in total. The van der Waals surface area contributed by atoms with Crippen molar-refractivity contribution in [1.29, 1.82) is 0 Å². The lowest BCUT2D eigenvalue weighted by atomic mass is 9.94. The van der Waals surface area contributed by atoms with E-state index in [1.807, 2.05) is 54.6 Å². The van der Waals surface area contributed by atoms with Crippen LogP contribution in [0, 0.1) is 0 Å². The van der Waals surface area contributed by atoms with Crippen LogP contribution in [0.1, 0.15) is 0 Å². The van der Waals surface area contributed by atoms with Gasteiger partial charge in [-0.25, -0.2) is 19.9 Å². The van der Waals surface area contributed by atoms with Crippen LogP contribution in [-0.2, 0) is 0 Å². The zero-order chi connectivity index (χ0) is 71.2. The second-order valence-corrected chi connectivity index (χ2v) is 27.6. The van der Waals surface area contributed by atoms with Gasteiger partial charge in [0.15, 0.2) is 11.6 Å². The van der Waals surface area contributed by atoms with Crippen molar-refractivity contribution in [2.45, 2.75) is 0 Å². The van der Waals surface area contributed by atoms with E-state index in [-0.39, 0.29) is 0 Å². The number of hydrogen-bond donors (Lipinski definition) is 0. The Kier molecular flexibility index (Phi) is 14.7. The highest BCUT2D eigenvalue weighted by molar-refractivity contribution is 6.16. The van der Waals surface area contributed by atoms with Gasteiger partial charge in [-0.15, -0.1) is 0 Å². The average Bonchev–Trinajstić information content (AvgIpc) is 1.54. The highest BCUT2D eigenvalue weighted by Gasteiger charge is 2.33. The predicted molar refractivity (Wildman–Crippen MR) is 442 cm³/mol. The van der Waals surface area contributed by atoms with E-state index in [1.165, 1.54) is 5.56 Å². The summed E-state index contributed by atoms with van der Waals surface area (Å²) in [6.07, 6.45) is 0. The Hall–Kier alpha value is -14.6. The van der Waals surface area contributed by atoms with Crippen LogP contribution in [0.15, 0.2) is 385 Å². The standard InChI is InChI=1S/C100H62N6O2/c1-5-23-64(24-6-1)86-61-89(102-99(101-86)68-27-9-3-10-28-68)67-47-51-77(52-48-67)105-90-39-17-13-35-81(90)96-83-38-22-37-78(97(83)106(76-31-11-4-12-32-76)98(96)82-36-14-18-40-91(82)105)72-30-21-29-69(55-72)63-43-45-66(46-44-63)88-62-87(65-25-7-2-8-26-65)103-100(104-88)75-57-73(70-49-53-94-84(59-70)79-33-15-19-41-92(79)107-94)56-74(58-75)71-50-54-95-85(60-71)80-34-16-20-42-93(80)108-95/h1-62H. The monoisotopic (exact) mass is 1380 g/mol. The lowest BCUT2D eigenvalue weighted by molar-refractivity contribution is 0.668. The van der Waals surface area contributed by atoms with Crippen molar-refractivity contribution in [3.8, 4) is 140 Å². The minimum atomic E-state index is 0.619. The number of nitrogens with zero attached hydrogens (tertiary/aromatic N) is 6. The molecule has 0 amide bonds. The van der Waals surface area contributed by atoms with Crippen LogP contribution in [0.25, 0.3) is 195 Å². The average molecular weight is 1380 g/mol. The second-order valence-electron chi connectivity index (χ2n) is 27.6. The van der Waals surface area contributed by atoms with E-state index >= 15 is 0 Å². The van der Waals surface area contributed by atoms with Crippen molar-refractivity contribution in [2.24, 2.45) is 0 Å². The van der Waals surface area contributed by atoms with Crippen LogP contribution in [0.4, 0.5) is 17.1 Å². The largest absolute Gasteiger partial charge is 0.456 e. The van der Waals surface area contributed by atoms with Crippen LogP contribution < -0.4 is 4.90 Å². The minimum absolute atomic E-state index is 0.619. The third-order valence-corrected chi connectivity index (χ3v) is 21.2. The highest BCUT2D eigenvalue weighted by atomic mass is 16.3. The number of para-hydroxylation sites is 6. The van der Waals surface area contributed by atoms with Crippen molar-refractivity contribution < 1.29 is 8.83 Å². The number of aromatic nitrogens is 5. The molecule has 0 saturated heterocycles. The van der Waals surface area contributed by atoms with E-state index in [4.69, 9.17) is 28.8 Å². The summed E-state index contributed by atoms with van der Waals surface area (Å²) in [7, 11) is 0. The normalized spacial score (nSPS) is 11.9. The zero-order valence-corrected chi connectivity index (χ0v) is 58.3. The molecule has 1 aliphatic rings. The molecule has 20 aromatic rings. The Bertz CT molecular complexity index is 6710. The van der Waals surface area contributed by atoms with Crippen LogP contribution in [0.5, 0.6) is 0 Å². The van der Waals surface area contributed by atoms with E-state index < -0.39 is 0 Å². The second kappa shape index (κ2) is 25.7. The summed E-state index contributed by atoms with van der Waals surface area (Å²) in [6.45, 7) is 0. The fourth-order valence-electron chi connectivity index (χ4n) is 16.0. The number of hydrogen-bond acceptors (Lipinski definition) is 7. The fourth-order valence-corrected chi connectivity index (χ4v) is 16.0. The Morgan fingerprint density at radius 3 is 1.18 bits per heavy atom. The molecule has 0 radical (unpaired) electrons. The summed E-state index contributed by atoms with van der Waals surface area (Å²) in [6, 6.07) is 134. The maximum atomic E-state index is 6.34. The first-order chi connectivity index (χ1) is 53.5. The van der Waals surface area contributed by atoms with Gasteiger partial charge in [-0.05, 0) is 148 Å². The molecule has 0 aliphatic carbocycles. The third kappa shape index (κ3) is 10.8. The van der Waals surface area contributed by atoms with Gasteiger partial charge in [-0.1, -0.05) is 267 Å². The lowest BCUT2D eigenvalue weighted by Crippen LogP contribution is -2.11. The van der Waals surface area contributed by atoms with Crippen molar-refractivity contribution in [1.82, 2.24) is 24.5 Å². The minimum Gasteiger partial charge on any atom is -0.456 e. The number of furan rings is 2. The first-order valence-corrected chi connectivity index (χ1v) is 36.5. The summed E-state index contributed by atoms with van der Waals surface area (Å²) < 4.78 is 15.2. The molecule has 0 N–H and O–H groups in total. The molecular formula is C100H62N6O2. The van der Waals surface area contributed by atoms with Gasteiger partial charge in [-0.3, -0.25) is 0 Å². The molecule has 15 aromatic carbocycles. The third-order valence-electron chi connectivity index (χ3n) is 21.2. The predicted octanol–water partition coefficient (Wildman–Crippen LogP) is 26.8. The zero-order valence-electron chi connectivity index (χ0n) is 58.3. The molecule has 0 atom stereocenters. The van der Waals surface area contributed by atoms with Gasteiger partial charge in [0.2, 0.25) is 0 Å². The van der Waals surface area contributed by atoms with Crippen molar-refractivity contribution in [3.05, 3.63) is 376 Å². The Morgan fingerprint density at radius 2 is 0.593 bits per heavy atom. The number of fused-ring (bicyclic) bond motifs is 13. The van der Waals surface area contributed by atoms with Crippen molar-refractivity contribution in [2.75, 3.05) is 4.90 Å². The van der Waals surface area contributed by atoms with Crippen LogP contribution in [0.2, 0.25) is 0 Å². The number of rotatable bonds is 12. The lowest BCUT2D eigenvalue weighted by Gasteiger charge is -2.28. The van der Waals surface area contributed by atoms with E-state index in [2.05, 4.69) is 331 Å². The summed E-state index contributed by atoms with van der Waals surface area (Å²) in [5.41, 5.74) is 31.2. The molecule has 1 aliphatic heterocycles. The van der Waals surface area contributed by atoms with Gasteiger partial charge < -0.3 is 18.3 Å². The first kappa shape index (κ1) is 62.0. The molecule has 0 saturated carbocycles. The van der Waals surface area contributed by atoms with Gasteiger partial charge >= 0.3 is 0 Å². The van der Waals surface area contributed by atoms with E-state index in [0.29, 0.717) is 11.6 Å². The molecule has 21 rings (SSSR count). The summed E-state index contributed by atoms with van der Waals surface area (Å²) in [4.78, 5) is 23.7. The topological polar surface area (TPSA) is 86.0 Å². The molecule has 0 fully saturated rings. The molecule has 8 heteroatoms. The van der Waals surface area contributed by atoms with Gasteiger partial charge in [-0.2, -0.15) is 0 Å². The van der Waals surface area contributed by atoms with E-state index in [0.717, 1.165) is 195 Å². The molecular weight excluding hydrogens is 1320 g/mol. The molecule has 0 spiro atoms. The first-order valence-electron chi connectivity index (χ1n) is 36.5. The van der Waals surface area contributed by atoms with Gasteiger partial charge in [0, 0.05) is 93.9 Å². The molecule has 108 heavy (non-hydrogen) atoms. The maximum absolute atomic E-state index is 6.34. The van der Waals surface area contributed by atoms with Crippen LogP contribution >= 0.6 is 0 Å². The Balaban J connectivity index is 0.661. The SMILES string of the molecule is c1ccc(-c2cc(-c3ccc(N4c5ccccc5-c5c(n(-c6ccccc6)c6c(-c7cccc(-c8ccc(-c9cc(-c%10ccccc%10)nc(-c%10cc(-c%11ccc%12oc%13ccccc%13c%12c%11)cc(-c%11ccc%12oc%13ccccc%13c%12c%11)c%10)n9)cc8)c7)cccc56)-c5ccccc54)cc3)nc(-c3ccccc3)n2)cc1. The highest BCUT2D eigenvalue weighted by Crippen LogP contribution is 2.56. The summed E-state index contributed by atoms with van der Waals surface area (Å²) in [5, 5.41) is 5.44. The Morgan fingerprint density at radius 1 is 0.213 bits per heavy atom. The van der Waals surface area contributed by atoms with Crippen LogP contribution in [-0.4, -0.2) is 24.5 Å². The number of anilines is 3. The maximum Gasteiger partial charge on any atom is 0.160 e. The smallest absolute Gasteiger partial charge is 0.160 e. The van der Waals surface area contributed by atoms with Crippen LogP contribution in [0.3, 0.4) is 0 Å². The van der Waals surface area contributed by atoms with E-state index in [1.54, 1.807) is 0 Å². The summed E-state index contributed by atoms with van der Waals surface area (Å²) >= 11 is 0. The molecule has 0 unspecified atom stereocenters. The van der Waals surface area contributed by atoms with Gasteiger partial charge in [0.1, 0.15) is 22.3 Å². The molecule has 5 aromatic heterocycles. The van der Waals surface area contributed by atoms with Gasteiger partial charge in [0.05, 0.1) is 45.4 Å². The Labute approximate surface area is 622 Å². The van der Waals surface area contributed by atoms with E-state index in [9.17, 15) is 0 Å². The quantitative estimate of drug-likeness (QED) is 0.120.